The predicted octanol–water partition coefficient (Wildman–Crippen LogP) is 1.31. The number of para-hydroxylation sites is 1. The number of hydrogen-bond acceptors (Lipinski definition) is 4. The van der Waals surface area contributed by atoms with Crippen LogP contribution in [0.2, 0.25) is 0 Å². The number of amides is 1. The smallest absolute Gasteiger partial charge is 0.255 e. The van der Waals surface area contributed by atoms with Crippen molar-refractivity contribution in [3.63, 3.8) is 0 Å². The molecule has 3 N–H and O–H groups in total. The van der Waals surface area contributed by atoms with E-state index in [4.69, 9.17) is 0 Å². The van der Waals surface area contributed by atoms with E-state index in [-0.39, 0.29) is 17.2 Å². The molecule has 1 aromatic carbocycles. The maximum Gasteiger partial charge on any atom is 0.255 e. The first-order chi connectivity index (χ1) is 13.6. The lowest BCUT2D eigenvalue weighted by molar-refractivity contribution is 0.0952. The second kappa shape index (κ2) is 9.25. The monoisotopic (exact) mass is 384 g/mol. The molecule has 1 amide bonds. The summed E-state index contributed by atoms with van der Waals surface area (Å²) in [5.41, 5.74) is 1.54. The number of carbonyl (C=O) groups excluding carboxylic acids is 1. The molecule has 2 aromatic rings. The minimum atomic E-state index is -0.295. The number of aromatic hydroxyl groups is 1. The number of nitrogens with zero attached hydrogens (tertiary/aromatic N) is 4. The number of likely N-dealkylation sites (tertiary alicyclic amines) is 1. The van der Waals surface area contributed by atoms with Crippen LogP contribution in [0.25, 0.3) is 0 Å². The number of carbonyl (C=O) groups is 1. The van der Waals surface area contributed by atoms with Crippen molar-refractivity contribution in [2.45, 2.75) is 19.3 Å². The van der Waals surface area contributed by atoms with Crippen molar-refractivity contribution in [3.05, 3.63) is 47.8 Å². The quantitative estimate of drug-likeness (QED) is 0.397. The molecule has 28 heavy (non-hydrogen) atoms. The average molecular weight is 384 g/mol. The molecule has 8 nitrogen and oxygen atoms in total. The Kier molecular flexibility index (Phi) is 6.52. The fourth-order valence-electron chi connectivity index (χ4n) is 3.39. The molecule has 0 saturated carbocycles. The van der Waals surface area contributed by atoms with Crippen LogP contribution in [0.1, 0.15) is 35.2 Å². The summed E-state index contributed by atoms with van der Waals surface area (Å²) >= 11 is 0. The van der Waals surface area contributed by atoms with Crippen molar-refractivity contribution in [3.8, 4) is 5.75 Å². The number of nitrogens with one attached hydrogen (secondary N) is 2. The summed E-state index contributed by atoms with van der Waals surface area (Å²) in [6.07, 6.45) is 5.08. The fourth-order valence-corrected chi connectivity index (χ4v) is 3.39. The molecule has 2 heterocycles. The zero-order valence-electron chi connectivity index (χ0n) is 16.4. The van der Waals surface area contributed by atoms with Crippen LogP contribution in [0.5, 0.6) is 5.75 Å². The molecule has 1 aliphatic heterocycles. The van der Waals surface area contributed by atoms with Gasteiger partial charge in [0, 0.05) is 45.3 Å². The number of phenols is 1. The van der Waals surface area contributed by atoms with E-state index < -0.39 is 0 Å². The molecular weight excluding hydrogens is 356 g/mol. The number of phenolic OH excluding ortho intramolecular Hbond substituents is 1. The van der Waals surface area contributed by atoms with Crippen molar-refractivity contribution in [2.24, 2.45) is 12.0 Å². The molecule has 0 radical (unpaired) electrons. The van der Waals surface area contributed by atoms with E-state index in [1.54, 1.807) is 18.2 Å². The summed E-state index contributed by atoms with van der Waals surface area (Å²) in [5.74, 6) is 1.01. The van der Waals surface area contributed by atoms with Gasteiger partial charge in [-0.25, -0.2) is 0 Å². The third kappa shape index (κ3) is 4.82. The van der Waals surface area contributed by atoms with Crippen LogP contribution in [0, 0.1) is 0 Å². The Morgan fingerprint density at radius 3 is 2.89 bits per heavy atom. The molecular formula is C20H28N6O2. The normalized spacial score (nSPS) is 17.0. The molecule has 1 aliphatic rings. The molecule has 1 unspecified atom stereocenters. The van der Waals surface area contributed by atoms with E-state index in [1.165, 1.54) is 11.6 Å². The minimum absolute atomic E-state index is 0.0182. The van der Waals surface area contributed by atoms with Gasteiger partial charge in [-0.15, -0.1) is 0 Å². The van der Waals surface area contributed by atoms with Crippen molar-refractivity contribution < 1.29 is 9.90 Å². The van der Waals surface area contributed by atoms with E-state index in [0.717, 1.165) is 32.0 Å². The first-order valence-electron chi connectivity index (χ1n) is 9.66. The highest BCUT2D eigenvalue weighted by Gasteiger charge is 2.26. The Labute approximate surface area is 165 Å². The van der Waals surface area contributed by atoms with E-state index in [2.05, 4.69) is 31.8 Å². The van der Waals surface area contributed by atoms with Gasteiger partial charge in [-0.05, 0) is 31.0 Å². The maximum atomic E-state index is 12.1. The summed E-state index contributed by atoms with van der Waals surface area (Å²) in [6.45, 7) is 5.55. The summed E-state index contributed by atoms with van der Waals surface area (Å²) in [5, 5.41) is 20.2. The van der Waals surface area contributed by atoms with Crippen LogP contribution in [0.4, 0.5) is 0 Å². The first kappa shape index (κ1) is 19.7. The van der Waals surface area contributed by atoms with E-state index in [1.807, 2.05) is 24.9 Å². The highest BCUT2D eigenvalue weighted by atomic mass is 16.3. The maximum absolute atomic E-state index is 12.1. The number of aromatic nitrogens is 2. The standard InChI is InChI=1S/C20H28N6O2/c1-3-21-20(26-11-8-15(14-26)16-12-24-25(2)13-16)23-10-9-22-19(28)17-6-4-5-7-18(17)27/h4-7,12-13,15,27H,3,8-11,14H2,1-2H3,(H,21,23)(H,22,28). The van der Waals surface area contributed by atoms with Crippen LogP contribution < -0.4 is 10.6 Å². The number of rotatable bonds is 6. The largest absolute Gasteiger partial charge is 0.507 e. The lowest BCUT2D eigenvalue weighted by atomic mass is 10.0. The summed E-state index contributed by atoms with van der Waals surface area (Å²) in [4.78, 5) is 19.0. The van der Waals surface area contributed by atoms with Crippen LogP contribution in [0.15, 0.2) is 41.7 Å². The molecule has 0 spiro atoms. The van der Waals surface area contributed by atoms with Gasteiger partial charge in [0.2, 0.25) is 0 Å². The van der Waals surface area contributed by atoms with E-state index in [0.29, 0.717) is 19.0 Å². The zero-order chi connectivity index (χ0) is 19.9. The number of guanidine groups is 1. The highest BCUT2D eigenvalue weighted by molar-refractivity contribution is 5.96. The van der Waals surface area contributed by atoms with Crippen molar-refractivity contribution in [2.75, 3.05) is 32.7 Å². The average Bonchev–Trinajstić information content (AvgIpc) is 3.33. The van der Waals surface area contributed by atoms with Crippen LogP contribution in [-0.4, -0.2) is 64.4 Å². The van der Waals surface area contributed by atoms with Gasteiger partial charge in [0.15, 0.2) is 5.96 Å². The molecule has 0 aliphatic carbocycles. The van der Waals surface area contributed by atoms with Crippen LogP contribution in [-0.2, 0) is 7.05 Å². The van der Waals surface area contributed by atoms with Gasteiger partial charge < -0.3 is 20.6 Å². The van der Waals surface area contributed by atoms with Crippen LogP contribution >= 0.6 is 0 Å². The van der Waals surface area contributed by atoms with E-state index >= 15 is 0 Å². The molecule has 150 valence electrons. The lowest BCUT2D eigenvalue weighted by Crippen LogP contribution is -2.40. The number of hydrogen-bond donors (Lipinski definition) is 3. The molecule has 0 bridgehead atoms. The molecule has 1 saturated heterocycles. The van der Waals surface area contributed by atoms with Gasteiger partial charge in [0.1, 0.15) is 5.75 Å². The second-order valence-corrected chi connectivity index (χ2v) is 6.89. The van der Waals surface area contributed by atoms with Crippen molar-refractivity contribution >= 4 is 11.9 Å². The fraction of sp³-hybridized carbons (Fsp3) is 0.450. The topological polar surface area (TPSA) is 94.8 Å². The van der Waals surface area contributed by atoms with Gasteiger partial charge in [-0.2, -0.15) is 5.10 Å². The summed E-state index contributed by atoms with van der Waals surface area (Å²) < 4.78 is 1.84. The Balaban J connectivity index is 1.53. The van der Waals surface area contributed by atoms with Gasteiger partial charge in [-0.1, -0.05) is 12.1 Å². The molecule has 3 rings (SSSR count). The number of aliphatic imine (C=N–C) groups is 1. The Morgan fingerprint density at radius 1 is 1.36 bits per heavy atom. The van der Waals surface area contributed by atoms with Gasteiger partial charge in [0.25, 0.3) is 5.91 Å². The summed E-state index contributed by atoms with van der Waals surface area (Å²) in [6, 6.07) is 6.51. The summed E-state index contributed by atoms with van der Waals surface area (Å²) in [7, 11) is 1.94. The first-order valence-corrected chi connectivity index (χ1v) is 9.66. The second-order valence-electron chi connectivity index (χ2n) is 6.89. The Morgan fingerprint density at radius 2 is 2.18 bits per heavy atom. The molecule has 1 atom stereocenters. The number of benzene rings is 1. The molecule has 1 aromatic heterocycles. The van der Waals surface area contributed by atoms with Gasteiger partial charge >= 0.3 is 0 Å². The van der Waals surface area contributed by atoms with Crippen molar-refractivity contribution in [1.29, 1.82) is 0 Å². The SMILES string of the molecule is CCNC(=NCCNC(=O)c1ccccc1O)N1CCC(c2cnn(C)c2)C1. The van der Waals surface area contributed by atoms with Crippen molar-refractivity contribution in [1.82, 2.24) is 25.3 Å². The predicted molar refractivity (Wildman–Crippen MR) is 109 cm³/mol. The highest BCUT2D eigenvalue weighted by Crippen LogP contribution is 2.26. The zero-order valence-corrected chi connectivity index (χ0v) is 16.4. The Bertz CT molecular complexity index is 832. The van der Waals surface area contributed by atoms with E-state index in [9.17, 15) is 9.90 Å². The van der Waals surface area contributed by atoms with Gasteiger partial charge in [0.05, 0.1) is 18.3 Å². The van der Waals surface area contributed by atoms with Gasteiger partial charge in [-0.3, -0.25) is 14.5 Å². The lowest BCUT2D eigenvalue weighted by Gasteiger charge is -2.21. The molecule has 1 fully saturated rings. The van der Waals surface area contributed by atoms with Crippen LogP contribution in [0.3, 0.4) is 0 Å². The number of aryl methyl sites for hydroxylation is 1. The third-order valence-corrected chi connectivity index (χ3v) is 4.83. The minimum Gasteiger partial charge on any atom is -0.507 e. The molecule has 8 heteroatoms. The Hall–Kier alpha value is -3.03. The third-order valence-electron chi connectivity index (χ3n) is 4.83.